The number of aliphatic hydroxyl groups excluding tert-OH is 1. The molecule has 0 aliphatic carbocycles. The quantitative estimate of drug-likeness (QED) is 0.689. The molecule has 0 saturated carbocycles. The van der Waals surface area contributed by atoms with Crippen molar-refractivity contribution in [3.63, 3.8) is 0 Å². The summed E-state index contributed by atoms with van der Waals surface area (Å²) in [6.07, 6.45) is 7.57. The summed E-state index contributed by atoms with van der Waals surface area (Å²) in [6.45, 7) is 2.19. The summed E-state index contributed by atoms with van der Waals surface area (Å²) < 4.78 is 1.13. The number of aryl methyl sites for hydroxylation is 1. The third-order valence-electron chi connectivity index (χ3n) is 3.06. The van der Waals surface area contributed by atoms with Gasteiger partial charge >= 0.3 is 0 Å². The zero-order chi connectivity index (χ0) is 12.5. The van der Waals surface area contributed by atoms with Crippen molar-refractivity contribution in [2.24, 2.45) is 0 Å². The average Bonchev–Trinajstić information content (AvgIpc) is 2.32. The van der Waals surface area contributed by atoms with Crippen LogP contribution in [0.1, 0.15) is 51.0 Å². The van der Waals surface area contributed by atoms with Crippen LogP contribution in [0.2, 0.25) is 0 Å². The summed E-state index contributed by atoms with van der Waals surface area (Å²) in [5.41, 5.74) is 1.36. The zero-order valence-corrected chi connectivity index (χ0v) is 12.2. The lowest BCUT2D eigenvalue weighted by molar-refractivity contribution is 0.148. The van der Waals surface area contributed by atoms with Crippen LogP contribution in [0.25, 0.3) is 0 Å². The van der Waals surface area contributed by atoms with Crippen molar-refractivity contribution >= 4 is 15.9 Å². The third kappa shape index (κ3) is 6.85. The van der Waals surface area contributed by atoms with Crippen LogP contribution in [-0.2, 0) is 6.42 Å². The predicted octanol–water partition coefficient (Wildman–Crippen LogP) is 4.71. The van der Waals surface area contributed by atoms with Gasteiger partial charge in [0.05, 0.1) is 6.10 Å². The Morgan fingerprint density at radius 3 is 2.35 bits per heavy atom. The van der Waals surface area contributed by atoms with Crippen LogP contribution in [-0.4, -0.2) is 11.2 Å². The summed E-state index contributed by atoms with van der Waals surface area (Å²) in [4.78, 5) is 0. The van der Waals surface area contributed by atoms with Gasteiger partial charge in [0.25, 0.3) is 0 Å². The Morgan fingerprint density at radius 2 is 1.71 bits per heavy atom. The van der Waals surface area contributed by atoms with E-state index in [4.69, 9.17) is 0 Å². The number of halogens is 1. The van der Waals surface area contributed by atoms with Gasteiger partial charge in [-0.1, -0.05) is 54.2 Å². The van der Waals surface area contributed by atoms with Gasteiger partial charge in [-0.25, -0.2) is 0 Å². The van der Waals surface area contributed by atoms with E-state index in [0.717, 1.165) is 36.6 Å². The number of benzene rings is 1. The highest BCUT2D eigenvalue weighted by Gasteiger charge is 2.03. The molecule has 0 bridgehead atoms. The van der Waals surface area contributed by atoms with E-state index in [1.165, 1.54) is 18.4 Å². The molecule has 0 heterocycles. The zero-order valence-electron chi connectivity index (χ0n) is 10.7. The van der Waals surface area contributed by atoms with Crippen molar-refractivity contribution in [1.82, 2.24) is 0 Å². The van der Waals surface area contributed by atoms with Crippen molar-refractivity contribution in [3.05, 3.63) is 34.3 Å². The van der Waals surface area contributed by atoms with E-state index in [2.05, 4.69) is 47.1 Å². The normalized spacial score (nSPS) is 12.6. The smallest absolute Gasteiger partial charge is 0.0540 e. The van der Waals surface area contributed by atoms with Crippen molar-refractivity contribution in [1.29, 1.82) is 0 Å². The molecule has 0 aliphatic heterocycles. The van der Waals surface area contributed by atoms with Gasteiger partial charge in [0.1, 0.15) is 0 Å². The van der Waals surface area contributed by atoms with Crippen LogP contribution < -0.4 is 0 Å². The van der Waals surface area contributed by atoms with E-state index >= 15 is 0 Å². The topological polar surface area (TPSA) is 20.2 Å². The number of rotatable bonds is 8. The van der Waals surface area contributed by atoms with E-state index in [1.807, 2.05) is 0 Å². The molecule has 0 saturated heterocycles. The summed E-state index contributed by atoms with van der Waals surface area (Å²) in [7, 11) is 0. The number of aliphatic hydroxyl groups is 1. The van der Waals surface area contributed by atoms with Gasteiger partial charge in [-0.15, -0.1) is 0 Å². The SMILES string of the molecule is CCCCC[C@H](O)CCCc1ccc(Br)cc1. The van der Waals surface area contributed by atoms with E-state index in [9.17, 15) is 5.11 Å². The van der Waals surface area contributed by atoms with Crippen molar-refractivity contribution in [2.45, 2.75) is 58.0 Å². The van der Waals surface area contributed by atoms with Crippen molar-refractivity contribution in [2.75, 3.05) is 0 Å². The summed E-state index contributed by atoms with van der Waals surface area (Å²) in [5, 5.41) is 9.79. The maximum Gasteiger partial charge on any atom is 0.0540 e. The monoisotopic (exact) mass is 298 g/mol. The highest BCUT2D eigenvalue weighted by molar-refractivity contribution is 9.10. The van der Waals surface area contributed by atoms with E-state index < -0.39 is 0 Å². The molecule has 0 aliphatic rings. The first-order chi connectivity index (χ1) is 8.22. The molecule has 1 nitrogen and oxygen atoms in total. The lowest BCUT2D eigenvalue weighted by Crippen LogP contribution is -2.06. The number of unbranched alkanes of at least 4 members (excludes halogenated alkanes) is 2. The Kier molecular flexibility index (Phi) is 7.54. The minimum atomic E-state index is -0.100. The van der Waals surface area contributed by atoms with Crippen LogP contribution in [0.5, 0.6) is 0 Å². The standard InChI is InChI=1S/C15H23BrO/c1-2-3-4-7-15(17)8-5-6-13-9-11-14(16)12-10-13/h9-12,15,17H,2-8H2,1H3/t15-/m0/s1. The summed E-state index contributed by atoms with van der Waals surface area (Å²) in [6, 6.07) is 8.45. The first-order valence-electron chi connectivity index (χ1n) is 6.65. The molecule has 0 spiro atoms. The molecular formula is C15H23BrO. The Balaban J connectivity index is 2.12. The summed E-state index contributed by atoms with van der Waals surface area (Å²) >= 11 is 3.43. The Morgan fingerprint density at radius 1 is 1.06 bits per heavy atom. The molecule has 17 heavy (non-hydrogen) atoms. The molecule has 1 aromatic carbocycles. The first kappa shape index (κ1) is 14.7. The fraction of sp³-hybridized carbons (Fsp3) is 0.600. The molecule has 96 valence electrons. The highest BCUT2D eigenvalue weighted by atomic mass is 79.9. The lowest BCUT2D eigenvalue weighted by atomic mass is 10.0. The predicted molar refractivity (Wildman–Crippen MR) is 77.2 cm³/mol. The Bertz CT molecular complexity index is 294. The molecular weight excluding hydrogens is 276 g/mol. The molecule has 1 N–H and O–H groups in total. The van der Waals surface area contributed by atoms with Gasteiger partial charge in [-0.3, -0.25) is 0 Å². The van der Waals surface area contributed by atoms with E-state index in [1.54, 1.807) is 0 Å². The molecule has 0 radical (unpaired) electrons. The second-order valence-electron chi connectivity index (χ2n) is 4.67. The van der Waals surface area contributed by atoms with Gasteiger partial charge < -0.3 is 5.11 Å². The van der Waals surface area contributed by atoms with Crippen LogP contribution in [0.4, 0.5) is 0 Å². The highest BCUT2D eigenvalue weighted by Crippen LogP contribution is 2.14. The fourth-order valence-corrected chi connectivity index (χ4v) is 2.23. The first-order valence-corrected chi connectivity index (χ1v) is 7.44. The van der Waals surface area contributed by atoms with Gasteiger partial charge in [0.15, 0.2) is 0 Å². The second kappa shape index (κ2) is 8.71. The van der Waals surface area contributed by atoms with Crippen molar-refractivity contribution in [3.8, 4) is 0 Å². The van der Waals surface area contributed by atoms with Gasteiger partial charge in [0.2, 0.25) is 0 Å². The lowest BCUT2D eigenvalue weighted by Gasteiger charge is -2.09. The van der Waals surface area contributed by atoms with E-state index in [-0.39, 0.29) is 6.10 Å². The fourth-order valence-electron chi connectivity index (χ4n) is 1.97. The molecule has 0 amide bonds. The largest absolute Gasteiger partial charge is 0.393 e. The Labute approximate surface area is 113 Å². The van der Waals surface area contributed by atoms with Gasteiger partial charge in [-0.05, 0) is 43.4 Å². The minimum absolute atomic E-state index is 0.100. The molecule has 0 aromatic heterocycles. The second-order valence-corrected chi connectivity index (χ2v) is 5.58. The molecule has 2 heteroatoms. The third-order valence-corrected chi connectivity index (χ3v) is 3.59. The molecule has 1 rings (SSSR count). The average molecular weight is 299 g/mol. The van der Waals surface area contributed by atoms with Crippen LogP contribution >= 0.6 is 15.9 Å². The number of hydrogen-bond donors (Lipinski definition) is 1. The van der Waals surface area contributed by atoms with Gasteiger partial charge in [0, 0.05) is 4.47 Å². The molecule has 0 fully saturated rings. The molecule has 1 aromatic rings. The maximum atomic E-state index is 9.79. The van der Waals surface area contributed by atoms with Gasteiger partial charge in [-0.2, -0.15) is 0 Å². The van der Waals surface area contributed by atoms with Crippen LogP contribution in [0.3, 0.4) is 0 Å². The maximum absolute atomic E-state index is 9.79. The molecule has 0 unspecified atom stereocenters. The number of hydrogen-bond acceptors (Lipinski definition) is 1. The summed E-state index contributed by atoms with van der Waals surface area (Å²) in [5.74, 6) is 0. The van der Waals surface area contributed by atoms with Crippen molar-refractivity contribution < 1.29 is 5.11 Å². The Hall–Kier alpha value is -0.340. The molecule has 1 atom stereocenters. The van der Waals surface area contributed by atoms with Crippen LogP contribution in [0, 0.1) is 0 Å². The minimum Gasteiger partial charge on any atom is -0.393 e. The van der Waals surface area contributed by atoms with Crippen LogP contribution in [0.15, 0.2) is 28.7 Å². The van der Waals surface area contributed by atoms with E-state index in [0.29, 0.717) is 0 Å².